The molecule has 0 aromatic heterocycles. The molecule has 164 valence electrons. The second kappa shape index (κ2) is 32.1. The van der Waals surface area contributed by atoms with Gasteiger partial charge in [-0.3, -0.25) is 0 Å². The van der Waals surface area contributed by atoms with Crippen LogP contribution < -0.4 is 24.8 Å². The minimum atomic E-state index is 0. The van der Waals surface area contributed by atoms with Crippen LogP contribution in [-0.2, 0) is 0 Å². The minimum absolute atomic E-state index is 0. The molecule has 0 heterocycles. The molecule has 0 atom stereocenters. The number of hydrogen-bond acceptors (Lipinski definition) is 0. The summed E-state index contributed by atoms with van der Waals surface area (Å²) in [5, 5.41) is 0. The van der Waals surface area contributed by atoms with Crippen LogP contribution >= 0.6 is 0 Å². The molecule has 3 heteroatoms. The van der Waals surface area contributed by atoms with Crippen molar-refractivity contribution in [2.45, 2.75) is 151 Å². The third-order valence-electron chi connectivity index (χ3n) is 5.41. The molecule has 0 spiro atoms. The summed E-state index contributed by atoms with van der Waals surface area (Å²) in [4.78, 5) is 0. The fraction of sp³-hybridized carbons (Fsp3) is 1.00. The van der Waals surface area contributed by atoms with E-state index in [4.69, 9.17) is 0 Å². The molecule has 0 saturated carbocycles. The number of unbranched alkanes of at least 4 members (excludes halogenated alkanes) is 18. The van der Waals surface area contributed by atoms with Gasteiger partial charge in [-0.05, 0) is 0 Å². The molecule has 0 aliphatic carbocycles. The molecule has 27 heavy (non-hydrogen) atoms. The van der Waals surface area contributed by atoms with Gasteiger partial charge in [-0.25, -0.2) is 0 Å². The van der Waals surface area contributed by atoms with Crippen molar-refractivity contribution in [3.63, 3.8) is 0 Å². The summed E-state index contributed by atoms with van der Waals surface area (Å²) >= 11 is 0.0377. The zero-order valence-corrected chi connectivity index (χ0v) is 23.2. The van der Waals surface area contributed by atoms with Crippen molar-refractivity contribution in [3.05, 3.63) is 0 Å². The second-order valence-corrected chi connectivity index (χ2v) is 12.4. The van der Waals surface area contributed by atoms with E-state index in [1.54, 1.807) is 21.7 Å². The van der Waals surface area contributed by atoms with E-state index in [9.17, 15) is 0 Å². The maximum atomic E-state index is 2.31. The molecule has 0 aromatic carbocycles. The van der Waals surface area contributed by atoms with Gasteiger partial charge < -0.3 is 24.8 Å². The number of halogens is 2. The Labute approximate surface area is 196 Å². The van der Waals surface area contributed by atoms with Crippen molar-refractivity contribution in [1.82, 2.24) is 0 Å². The Kier molecular flexibility index (Phi) is 39.2. The Morgan fingerprint density at radius 1 is 0.333 bits per heavy atom. The molecule has 0 fully saturated rings. The van der Waals surface area contributed by atoms with Crippen molar-refractivity contribution in [1.29, 1.82) is 0 Å². The maximum absolute atomic E-state index is 2.31. The van der Waals surface area contributed by atoms with Gasteiger partial charge in [0, 0.05) is 0 Å². The van der Waals surface area contributed by atoms with Crippen molar-refractivity contribution in [3.8, 4) is 0 Å². The van der Waals surface area contributed by atoms with E-state index in [0.717, 1.165) is 0 Å². The summed E-state index contributed by atoms with van der Waals surface area (Å²) in [6.45, 7) is 4.61. The van der Waals surface area contributed by atoms with E-state index in [-0.39, 0.29) is 46.0 Å². The fourth-order valence-corrected chi connectivity index (χ4v) is 7.17. The number of hydrogen-bond donors (Lipinski definition) is 0. The molecule has 0 aromatic rings. The van der Waals surface area contributed by atoms with Gasteiger partial charge in [0.1, 0.15) is 0 Å². The van der Waals surface area contributed by atoms with Gasteiger partial charge in [0.15, 0.2) is 0 Å². The van der Waals surface area contributed by atoms with Gasteiger partial charge in [0.25, 0.3) is 0 Å². The van der Waals surface area contributed by atoms with Crippen molar-refractivity contribution < 1.29 is 24.8 Å². The standard InChI is InChI=1S/2C12H25.2ClH.Sn/c2*1-3-5-7-9-11-12-10-8-6-4-2;;;/h2*1,3-12H2,2H3;2*1H;/q;;;;+2/p-2. The molecular formula is C24H50Cl2Sn. The van der Waals surface area contributed by atoms with Crippen LogP contribution in [0, 0.1) is 0 Å². The summed E-state index contributed by atoms with van der Waals surface area (Å²) in [5.41, 5.74) is 0. The van der Waals surface area contributed by atoms with Crippen molar-refractivity contribution >= 4 is 21.1 Å². The summed E-state index contributed by atoms with van der Waals surface area (Å²) in [6, 6.07) is 0. The monoisotopic (exact) mass is 528 g/mol. The van der Waals surface area contributed by atoms with Crippen LogP contribution in [0.4, 0.5) is 0 Å². The van der Waals surface area contributed by atoms with Crippen molar-refractivity contribution in [2.75, 3.05) is 0 Å². The van der Waals surface area contributed by atoms with E-state index in [0.29, 0.717) is 0 Å². The van der Waals surface area contributed by atoms with Gasteiger partial charge in [0.2, 0.25) is 0 Å². The summed E-state index contributed by atoms with van der Waals surface area (Å²) in [5.74, 6) is 0. The third kappa shape index (κ3) is 32.3. The average molecular weight is 528 g/mol. The Morgan fingerprint density at radius 2 is 0.556 bits per heavy atom. The molecule has 0 nitrogen and oxygen atoms in total. The molecule has 0 aliphatic heterocycles. The summed E-state index contributed by atoms with van der Waals surface area (Å²) in [6.07, 6.45) is 29.8. The van der Waals surface area contributed by atoms with Crippen LogP contribution in [0.1, 0.15) is 142 Å². The van der Waals surface area contributed by atoms with E-state index < -0.39 is 0 Å². The van der Waals surface area contributed by atoms with Gasteiger partial charge in [-0.15, -0.1) is 0 Å². The quantitative estimate of drug-likeness (QED) is 0.149. The molecule has 0 amide bonds. The van der Waals surface area contributed by atoms with Gasteiger partial charge in [-0.1, -0.05) is 0 Å². The minimum Gasteiger partial charge on any atom is -1.00 e. The average Bonchev–Trinajstić information content (AvgIpc) is 2.63. The van der Waals surface area contributed by atoms with E-state index in [1.165, 1.54) is 116 Å². The molecule has 0 rings (SSSR count). The molecule has 0 N–H and O–H groups in total. The molecule has 0 aliphatic rings. The van der Waals surface area contributed by atoms with Crippen LogP contribution in [0.3, 0.4) is 0 Å². The Morgan fingerprint density at radius 3 is 0.815 bits per heavy atom. The first kappa shape index (κ1) is 33.0. The van der Waals surface area contributed by atoms with Crippen LogP contribution in [0.15, 0.2) is 0 Å². The van der Waals surface area contributed by atoms with Gasteiger partial charge in [-0.2, -0.15) is 0 Å². The smallest absolute Gasteiger partial charge is 1.00 e. The molecule has 0 saturated heterocycles. The van der Waals surface area contributed by atoms with Gasteiger partial charge in [0.05, 0.1) is 0 Å². The fourth-order valence-electron chi connectivity index (χ4n) is 3.60. The summed E-state index contributed by atoms with van der Waals surface area (Å²) in [7, 11) is 0. The molecular weight excluding hydrogens is 478 g/mol. The van der Waals surface area contributed by atoms with Crippen LogP contribution in [0.5, 0.6) is 0 Å². The molecule has 0 radical (unpaired) electrons. The Balaban J connectivity index is -0.00000288. The molecule has 0 unspecified atom stereocenters. The molecule has 0 bridgehead atoms. The van der Waals surface area contributed by atoms with Gasteiger partial charge >= 0.3 is 172 Å². The van der Waals surface area contributed by atoms with E-state index >= 15 is 0 Å². The zero-order chi connectivity index (χ0) is 18.3. The predicted molar refractivity (Wildman–Crippen MR) is 119 cm³/mol. The SMILES string of the molecule is CCCCCCCCCCC[CH2][Sn+2][CH2]CCCCCCCCCCC.[Cl-].[Cl-]. The van der Waals surface area contributed by atoms with E-state index in [1.807, 2.05) is 0 Å². The summed E-state index contributed by atoms with van der Waals surface area (Å²) < 4.78 is 3.33. The zero-order valence-electron chi connectivity index (χ0n) is 18.8. The first-order valence-corrected chi connectivity index (χ1v) is 16.2. The Bertz CT molecular complexity index is 202. The van der Waals surface area contributed by atoms with E-state index in [2.05, 4.69) is 13.8 Å². The first-order valence-electron chi connectivity index (χ1n) is 12.1. The third-order valence-corrected chi connectivity index (χ3v) is 9.45. The second-order valence-electron chi connectivity index (χ2n) is 8.11. The first-order chi connectivity index (χ1) is 12.4. The van der Waals surface area contributed by atoms with Crippen LogP contribution in [-0.4, -0.2) is 21.1 Å². The predicted octanol–water partition coefficient (Wildman–Crippen LogP) is 3.38. The normalized spacial score (nSPS) is 10.1. The van der Waals surface area contributed by atoms with Crippen LogP contribution in [0.2, 0.25) is 8.87 Å². The van der Waals surface area contributed by atoms with Crippen molar-refractivity contribution in [2.24, 2.45) is 0 Å². The van der Waals surface area contributed by atoms with Crippen LogP contribution in [0.25, 0.3) is 0 Å². The Hall–Kier alpha value is 1.38. The number of rotatable bonds is 22. The topological polar surface area (TPSA) is 0 Å².